The number of piperidine rings is 1. The number of carbonyl (C=O) groups excluding carboxylic acids is 2. The number of fused-ring (bicyclic) bond motifs is 1. The summed E-state index contributed by atoms with van der Waals surface area (Å²) in [6.45, 7) is 0.343. The van der Waals surface area contributed by atoms with Gasteiger partial charge in [-0.2, -0.15) is 13.2 Å². The maximum Gasteiger partial charge on any atom is 0.471 e. The Morgan fingerprint density at radius 3 is 2.46 bits per heavy atom. The fraction of sp³-hybridized carbons (Fsp3) is 0.389. The Morgan fingerprint density at radius 1 is 1.08 bits per heavy atom. The van der Waals surface area contributed by atoms with Gasteiger partial charge in [-0.1, -0.05) is 18.2 Å². The number of alkyl halides is 3. The van der Waals surface area contributed by atoms with E-state index in [1.807, 2.05) is 0 Å². The molecular formula is C18H18F3N3O2. The van der Waals surface area contributed by atoms with E-state index in [1.165, 1.54) is 17.2 Å². The average molecular weight is 365 g/mol. The first-order valence-electron chi connectivity index (χ1n) is 8.38. The molecule has 1 aromatic carbocycles. The fourth-order valence-corrected chi connectivity index (χ4v) is 3.10. The average Bonchev–Trinajstić information content (AvgIpc) is 2.65. The first kappa shape index (κ1) is 18.2. The van der Waals surface area contributed by atoms with E-state index in [4.69, 9.17) is 0 Å². The number of hydrogen-bond acceptors (Lipinski definition) is 3. The maximum atomic E-state index is 13.1. The molecule has 2 heterocycles. The topological polar surface area (TPSA) is 53.5 Å². The van der Waals surface area contributed by atoms with Gasteiger partial charge in [-0.15, -0.1) is 0 Å². The molecule has 2 amide bonds. The normalized spacial score (nSPS) is 15.1. The van der Waals surface area contributed by atoms with Gasteiger partial charge in [-0.25, -0.2) is 0 Å². The smallest absolute Gasteiger partial charge is 0.341 e. The summed E-state index contributed by atoms with van der Waals surface area (Å²) >= 11 is 0. The molecule has 1 saturated heterocycles. The van der Waals surface area contributed by atoms with Crippen molar-refractivity contribution in [2.45, 2.75) is 25.4 Å². The highest BCUT2D eigenvalue weighted by molar-refractivity contribution is 6.07. The quantitative estimate of drug-likeness (QED) is 0.840. The number of aromatic nitrogens is 1. The van der Waals surface area contributed by atoms with Gasteiger partial charge in [0.2, 0.25) is 5.91 Å². The summed E-state index contributed by atoms with van der Waals surface area (Å²) in [5, 5.41) is 0.593. The van der Waals surface area contributed by atoms with Crippen molar-refractivity contribution >= 4 is 28.4 Å². The first-order valence-corrected chi connectivity index (χ1v) is 8.38. The number of hydrogen-bond donors (Lipinski definition) is 0. The Balaban J connectivity index is 1.98. The Bertz CT molecular complexity index is 811. The second-order valence-electron chi connectivity index (χ2n) is 6.18. The monoisotopic (exact) mass is 365 g/mol. The van der Waals surface area contributed by atoms with Crippen molar-refractivity contribution in [1.29, 1.82) is 0 Å². The van der Waals surface area contributed by atoms with Gasteiger partial charge >= 0.3 is 12.1 Å². The van der Waals surface area contributed by atoms with Gasteiger partial charge in [-0.3, -0.25) is 19.5 Å². The predicted octanol–water partition coefficient (Wildman–Crippen LogP) is 3.14. The van der Waals surface area contributed by atoms with Crippen LogP contribution in [0.2, 0.25) is 0 Å². The minimum absolute atomic E-state index is 0.0178. The number of benzene rings is 1. The van der Waals surface area contributed by atoms with Crippen molar-refractivity contribution in [3.63, 3.8) is 0 Å². The van der Waals surface area contributed by atoms with E-state index >= 15 is 0 Å². The van der Waals surface area contributed by atoms with Crippen LogP contribution in [0.1, 0.15) is 19.3 Å². The van der Waals surface area contributed by atoms with E-state index in [1.54, 1.807) is 24.3 Å². The summed E-state index contributed by atoms with van der Waals surface area (Å²) in [5.74, 6) is -2.56. The second kappa shape index (κ2) is 7.31. The van der Waals surface area contributed by atoms with Gasteiger partial charge in [0.1, 0.15) is 6.54 Å². The molecule has 0 radical (unpaired) electrons. The lowest BCUT2D eigenvalue weighted by molar-refractivity contribution is -0.170. The molecule has 1 aliphatic rings. The molecule has 5 nitrogen and oxygen atoms in total. The molecule has 0 aliphatic carbocycles. The van der Waals surface area contributed by atoms with Gasteiger partial charge in [0.25, 0.3) is 0 Å². The summed E-state index contributed by atoms with van der Waals surface area (Å²) in [6.07, 6.45) is -1.03. The number of anilines is 1. The number of amides is 2. The van der Waals surface area contributed by atoms with Crippen LogP contribution in [0.3, 0.4) is 0 Å². The van der Waals surface area contributed by atoms with Crippen LogP contribution in [0, 0.1) is 0 Å². The highest BCUT2D eigenvalue weighted by Gasteiger charge is 2.44. The first-order chi connectivity index (χ1) is 12.4. The van der Waals surface area contributed by atoms with E-state index in [2.05, 4.69) is 4.98 Å². The number of likely N-dealkylation sites (tertiary alicyclic amines) is 1. The molecule has 0 unspecified atom stereocenters. The Labute approximate surface area is 148 Å². The van der Waals surface area contributed by atoms with E-state index in [9.17, 15) is 22.8 Å². The van der Waals surface area contributed by atoms with Crippen LogP contribution in [-0.4, -0.2) is 47.5 Å². The zero-order valence-electron chi connectivity index (χ0n) is 14.0. The molecule has 138 valence electrons. The molecule has 8 heteroatoms. The minimum atomic E-state index is -5.08. The molecule has 1 aromatic heterocycles. The highest BCUT2D eigenvalue weighted by Crippen LogP contribution is 2.29. The minimum Gasteiger partial charge on any atom is -0.341 e. The van der Waals surface area contributed by atoms with E-state index in [-0.39, 0.29) is 11.2 Å². The molecule has 3 rings (SSSR count). The van der Waals surface area contributed by atoms with Gasteiger partial charge in [-0.05, 0) is 31.4 Å². The summed E-state index contributed by atoms with van der Waals surface area (Å²) < 4.78 is 39.4. The maximum absolute atomic E-state index is 13.1. The Kier molecular flexibility index (Phi) is 5.11. The fourth-order valence-electron chi connectivity index (χ4n) is 3.10. The zero-order valence-corrected chi connectivity index (χ0v) is 14.0. The summed E-state index contributed by atoms with van der Waals surface area (Å²) in [7, 11) is 0. The lowest BCUT2D eigenvalue weighted by Gasteiger charge is -2.30. The van der Waals surface area contributed by atoms with Crippen LogP contribution in [0.25, 0.3) is 10.9 Å². The van der Waals surface area contributed by atoms with Crippen LogP contribution < -0.4 is 4.90 Å². The lowest BCUT2D eigenvalue weighted by atomic mass is 10.1. The third kappa shape index (κ3) is 3.79. The molecule has 1 aliphatic heterocycles. The number of carbonyl (C=O) groups is 2. The van der Waals surface area contributed by atoms with Gasteiger partial charge < -0.3 is 4.90 Å². The van der Waals surface area contributed by atoms with Gasteiger partial charge in [0.05, 0.1) is 11.2 Å². The number of halogens is 3. The van der Waals surface area contributed by atoms with Gasteiger partial charge in [0, 0.05) is 24.7 Å². The molecule has 0 saturated carbocycles. The van der Waals surface area contributed by atoms with Crippen molar-refractivity contribution in [3.8, 4) is 0 Å². The van der Waals surface area contributed by atoms with Crippen LogP contribution in [0.15, 0.2) is 36.5 Å². The summed E-state index contributed by atoms with van der Waals surface area (Å²) in [4.78, 5) is 30.6. The van der Waals surface area contributed by atoms with Crippen molar-refractivity contribution in [2.75, 3.05) is 24.5 Å². The number of nitrogens with zero attached hydrogens (tertiary/aromatic N) is 3. The van der Waals surface area contributed by atoms with Crippen molar-refractivity contribution in [1.82, 2.24) is 9.88 Å². The predicted molar refractivity (Wildman–Crippen MR) is 90.6 cm³/mol. The third-order valence-corrected chi connectivity index (χ3v) is 4.39. The van der Waals surface area contributed by atoms with E-state index < -0.39 is 24.5 Å². The molecular weight excluding hydrogens is 347 g/mol. The van der Waals surface area contributed by atoms with E-state index in [0.29, 0.717) is 23.4 Å². The van der Waals surface area contributed by atoms with Crippen LogP contribution in [0.4, 0.5) is 18.9 Å². The molecule has 0 bridgehead atoms. The number of para-hydroxylation sites is 1. The van der Waals surface area contributed by atoms with Crippen molar-refractivity contribution in [3.05, 3.63) is 36.5 Å². The SMILES string of the molecule is O=C(CN(C(=O)C(F)(F)F)c1cccc2cccnc12)N1CCCCC1. The van der Waals surface area contributed by atoms with Crippen molar-refractivity contribution in [2.24, 2.45) is 0 Å². The summed E-state index contributed by atoms with van der Waals surface area (Å²) in [5.41, 5.74) is 0.231. The molecule has 0 N–H and O–H groups in total. The second-order valence-corrected chi connectivity index (χ2v) is 6.18. The van der Waals surface area contributed by atoms with Crippen LogP contribution in [-0.2, 0) is 9.59 Å². The Hall–Kier alpha value is -2.64. The lowest BCUT2D eigenvalue weighted by Crippen LogP contribution is -2.48. The molecule has 0 spiro atoms. The molecule has 0 atom stereocenters. The van der Waals surface area contributed by atoms with Gasteiger partial charge in [0.15, 0.2) is 0 Å². The molecule has 1 fully saturated rings. The van der Waals surface area contributed by atoms with Crippen LogP contribution in [0.5, 0.6) is 0 Å². The Morgan fingerprint density at radius 2 is 1.77 bits per heavy atom. The largest absolute Gasteiger partial charge is 0.471 e. The third-order valence-electron chi connectivity index (χ3n) is 4.39. The van der Waals surface area contributed by atoms with Crippen LogP contribution >= 0.6 is 0 Å². The van der Waals surface area contributed by atoms with E-state index in [0.717, 1.165) is 19.3 Å². The standard InChI is InChI=1S/C18H18F3N3O2/c19-18(20,21)17(26)24(12-15(25)23-10-2-1-3-11-23)14-8-4-6-13-7-5-9-22-16(13)14/h4-9H,1-3,10-12H2. The summed E-state index contributed by atoms with van der Waals surface area (Å²) in [6, 6.07) is 7.95. The molecule has 26 heavy (non-hydrogen) atoms. The zero-order chi connectivity index (χ0) is 18.7. The van der Waals surface area contributed by atoms with Crippen molar-refractivity contribution < 1.29 is 22.8 Å². The number of rotatable bonds is 3. The highest BCUT2D eigenvalue weighted by atomic mass is 19.4. The number of pyridine rings is 1. The molecule has 2 aromatic rings.